The van der Waals surface area contributed by atoms with Crippen molar-refractivity contribution in [1.82, 2.24) is 0 Å². The van der Waals surface area contributed by atoms with Gasteiger partial charge in [-0.15, -0.1) is 0 Å². The van der Waals surface area contributed by atoms with Crippen LogP contribution < -0.4 is 5.32 Å². The summed E-state index contributed by atoms with van der Waals surface area (Å²) in [5.74, 6) is -2.56. The van der Waals surface area contributed by atoms with E-state index in [-0.39, 0.29) is 5.69 Å². The van der Waals surface area contributed by atoms with Gasteiger partial charge < -0.3 is 10.4 Å². The van der Waals surface area contributed by atoms with Gasteiger partial charge in [0.05, 0.1) is 5.69 Å². The molecule has 17 heavy (non-hydrogen) atoms. The molecule has 0 amide bonds. The zero-order valence-corrected chi connectivity index (χ0v) is 9.76. The van der Waals surface area contributed by atoms with Crippen LogP contribution in [0.25, 0.3) is 0 Å². The Kier molecular flexibility index (Phi) is 4.04. The van der Waals surface area contributed by atoms with Gasteiger partial charge in [0.25, 0.3) is 0 Å². The van der Waals surface area contributed by atoms with Crippen molar-refractivity contribution in [2.45, 2.75) is 32.2 Å². The summed E-state index contributed by atoms with van der Waals surface area (Å²) >= 11 is 0. The first-order valence-electron chi connectivity index (χ1n) is 5.35. The highest BCUT2D eigenvalue weighted by Gasteiger charge is 2.32. The second kappa shape index (κ2) is 5.12. The normalized spacial score (nSPS) is 14.1. The molecule has 0 aliphatic rings. The van der Waals surface area contributed by atoms with Gasteiger partial charge in [0.15, 0.2) is 0 Å². The van der Waals surface area contributed by atoms with Gasteiger partial charge in [0, 0.05) is 6.07 Å². The van der Waals surface area contributed by atoms with Gasteiger partial charge in [-0.2, -0.15) is 0 Å². The van der Waals surface area contributed by atoms with Crippen molar-refractivity contribution in [3.8, 4) is 0 Å². The Morgan fingerprint density at radius 3 is 2.59 bits per heavy atom. The molecule has 3 nitrogen and oxygen atoms in total. The Labute approximate surface area is 98.5 Å². The van der Waals surface area contributed by atoms with Crippen LogP contribution in [0.4, 0.5) is 14.5 Å². The molecular weight excluding hydrogens is 228 g/mol. The quantitative estimate of drug-likeness (QED) is 0.835. The van der Waals surface area contributed by atoms with Crippen molar-refractivity contribution in [3.63, 3.8) is 0 Å². The van der Waals surface area contributed by atoms with Crippen molar-refractivity contribution in [2.75, 3.05) is 5.32 Å². The lowest BCUT2D eigenvalue weighted by atomic mass is 9.96. The first-order valence-corrected chi connectivity index (χ1v) is 5.35. The highest BCUT2D eigenvalue weighted by molar-refractivity contribution is 5.82. The number of benzene rings is 1. The number of anilines is 1. The first kappa shape index (κ1) is 13.4. The highest BCUT2D eigenvalue weighted by atomic mass is 19.1. The minimum absolute atomic E-state index is 0.00949. The van der Waals surface area contributed by atoms with E-state index in [4.69, 9.17) is 5.11 Å². The summed E-state index contributed by atoms with van der Waals surface area (Å²) in [6.07, 6.45) is 0.984. The van der Waals surface area contributed by atoms with Crippen LogP contribution in [0.3, 0.4) is 0 Å². The third-order valence-electron chi connectivity index (χ3n) is 2.56. The number of rotatable bonds is 5. The van der Waals surface area contributed by atoms with Crippen molar-refractivity contribution in [2.24, 2.45) is 0 Å². The first-order chi connectivity index (χ1) is 7.89. The van der Waals surface area contributed by atoms with Crippen LogP contribution in [0.1, 0.15) is 26.7 Å². The molecule has 1 atom stereocenters. The predicted octanol–water partition coefficient (Wildman–Crippen LogP) is 3.02. The number of nitrogens with one attached hydrogen (secondary N) is 1. The molecule has 0 saturated heterocycles. The fourth-order valence-electron chi connectivity index (χ4n) is 1.61. The Morgan fingerprint density at radius 1 is 1.47 bits per heavy atom. The summed E-state index contributed by atoms with van der Waals surface area (Å²) in [4.78, 5) is 11.1. The third-order valence-corrected chi connectivity index (χ3v) is 2.56. The molecule has 0 aliphatic carbocycles. The van der Waals surface area contributed by atoms with E-state index in [2.05, 4.69) is 5.32 Å². The second-order valence-corrected chi connectivity index (χ2v) is 4.14. The molecule has 2 N–H and O–H groups in total. The highest BCUT2D eigenvalue weighted by Crippen LogP contribution is 2.23. The van der Waals surface area contributed by atoms with Gasteiger partial charge in [-0.1, -0.05) is 13.3 Å². The van der Waals surface area contributed by atoms with E-state index in [1.807, 2.05) is 6.92 Å². The van der Waals surface area contributed by atoms with E-state index < -0.39 is 23.1 Å². The standard InChI is InChI=1S/C12H15F2NO2/c1-3-6-12(2,11(16)17)15-10-5-4-8(13)7-9(10)14/h4-5,7,15H,3,6H2,1-2H3,(H,16,17). The van der Waals surface area contributed by atoms with Crippen molar-refractivity contribution in [1.29, 1.82) is 0 Å². The fourth-order valence-corrected chi connectivity index (χ4v) is 1.61. The van der Waals surface area contributed by atoms with Gasteiger partial charge in [-0.3, -0.25) is 0 Å². The van der Waals surface area contributed by atoms with Crippen LogP contribution in [0, 0.1) is 11.6 Å². The van der Waals surface area contributed by atoms with Gasteiger partial charge >= 0.3 is 5.97 Å². The SMILES string of the molecule is CCCC(C)(Nc1ccc(F)cc1F)C(=O)O. The lowest BCUT2D eigenvalue weighted by Crippen LogP contribution is -2.43. The van der Waals surface area contributed by atoms with Crippen LogP contribution in [-0.2, 0) is 4.79 Å². The smallest absolute Gasteiger partial charge is 0.329 e. The molecule has 0 aromatic heterocycles. The molecule has 1 rings (SSSR count). The van der Waals surface area contributed by atoms with E-state index >= 15 is 0 Å². The van der Waals surface area contributed by atoms with Crippen LogP contribution in [0.2, 0.25) is 0 Å². The number of carboxylic acids is 1. The van der Waals surface area contributed by atoms with Crippen LogP contribution in [0.15, 0.2) is 18.2 Å². The number of aliphatic carboxylic acids is 1. The van der Waals surface area contributed by atoms with Crippen molar-refractivity contribution >= 4 is 11.7 Å². The monoisotopic (exact) mass is 243 g/mol. The molecule has 1 unspecified atom stereocenters. The van der Waals surface area contributed by atoms with E-state index in [0.29, 0.717) is 12.8 Å². The Balaban J connectivity index is 2.98. The molecule has 0 aliphatic heterocycles. The molecule has 1 aromatic carbocycles. The molecule has 0 bridgehead atoms. The molecule has 0 saturated carbocycles. The molecule has 0 radical (unpaired) electrons. The predicted molar refractivity (Wildman–Crippen MR) is 60.9 cm³/mol. The summed E-state index contributed by atoms with van der Waals surface area (Å²) in [6.45, 7) is 3.31. The summed E-state index contributed by atoms with van der Waals surface area (Å²) in [5, 5.41) is 11.7. The Morgan fingerprint density at radius 2 is 2.12 bits per heavy atom. The number of carbonyl (C=O) groups is 1. The molecule has 0 fully saturated rings. The largest absolute Gasteiger partial charge is 0.480 e. The van der Waals surface area contributed by atoms with Gasteiger partial charge in [-0.25, -0.2) is 13.6 Å². The van der Waals surface area contributed by atoms with Crippen molar-refractivity contribution in [3.05, 3.63) is 29.8 Å². The average Bonchev–Trinajstić information content (AvgIpc) is 2.22. The average molecular weight is 243 g/mol. The zero-order chi connectivity index (χ0) is 13.1. The van der Waals surface area contributed by atoms with E-state index in [1.54, 1.807) is 0 Å². The zero-order valence-electron chi connectivity index (χ0n) is 9.76. The molecule has 5 heteroatoms. The molecule has 94 valence electrons. The summed E-state index contributed by atoms with van der Waals surface area (Å²) < 4.78 is 26.1. The van der Waals surface area contributed by atoms with Gasteiger partial charge in [0.1, 0.15) is 17.2 Å². The van der Waals surface area contributed by atoms with Crippen molar-refractivity contribution < 1.29 is 18.7 Å². The van der Waals surface area contributed by atoms with Gasteiger partial charge in [-0.05, 0) is 25.5 Å². The Hall–Kier alpha value is -1.65. The summed E-state index contributed by atoms with van der Waals surface area (Å²) in [7, 11) is 0. The minimum atomic E-state index is -1.26. The van der Waals surface area contributed by atoms with Gasteiger partial charge in [0.2, 0.25) is 0 Å². The number of carboxylic acid groups (broad SMARTS) is 1. The number of hydrogen-bond donors (Lipinski definition) is 2. The second-order valence-electron chi connectivity index (χ2n) is 4.14. The van der Waals surface area contributed by atoms with Crippen LogP contribution >= 0.6 is 0 Å². The minimum Gasteiger partial charge on any atom is -0.480 e. The topological polar surface area (TPSA) is 49.3 Å². The number of hydrogen-bond acceptors (Lipinski definition) is 2. The fraction of sp³-hybridized carbons (Fsp3) is 0.417. The molecule has 0 heterocycles. The maximum Gasteiger partial charge on any atom is 0.329 e. The number of halogens is 2. The summed E-state index contributed by atoms with van der Waals surface area (Å²) in [5.41, 5.74) is -1.27. The molecule has 0 spiro atoms. The van der Waals surface area contributed by atoms with Crippen LogP contribution in [0.5, 0.6) is 0 Å². The Bertz CT molecular complexity index is 423. The van der Waals surface area contributed by atoms with Crippen LogP contribution in [-0.4, -0.2) is 16.6 Å². The van der Waals surface area contributed by atoms with E-state index in [1.165, 1.54) is 13.0 Å². The van der Waals surface area contributed by atoms with E-state index in [9.17, 15) is 13.6 Å². The molecular formula is C12H15F2NO2. The van der Waals surface area contributed by atoms with E-state index in [0.717, 1.165) is 12.1 Å². The third kappa shape index (κ3) is 3.15. The molecule has 1 aromatic rings. The maximum absolute atomic E-state index is 13.4. The maximum atomic E-state index is 13.4. The lowest BCUT2D eigenvalue weighted by Gasteiger charge is -2.27. The summed E-state index contributed by atoms with van der Waals surface area (Å²) in [6, 6.07) is 3.00. The lowest BCUT2D eigenvalue weighted by molar-refractivity contribution is -0.141.